The molecule has 6 heteroatoms. The van der Waals surface area contributed by atoms with Crippen LogP contribution in [0.5, 0.6) is 11.5 Å². The lowest BCUT2D eigenvalue weighted by atomic mass is 10.1. The van der Waals surface area contributed by atoms with Crippen LogP contribution in [0.15, 0.2) is 78.9 Å². The van der Waals surface area contributed by atoms with Crippen LogP contribution in [0.25, 0.3) is 0 Å². The van der Waals surface area contributed by atoms with E-state index in [1.54, 1.807) is 43.5 Å². The van der Waals surface area contributed by atoms with Gasteiger partial charge in [0.05, 0.1) is 13.0 Å². The number of hydrogen-bond donors (Lipinski definition) is 2. The summed E-state index contributed by atoms with van der Waals surface area (Å²) in [6.45, 7) is 0.967. The third-order valence-corrected chi connectivity index (χ3v) is 4.30. The Morgan fingerprint density at radius 3 is 2.17 bits per heavy atom. The van der Waals surface area contributed by atoms with Crippen LogP contribution in [-0.2, 0) is 16.0 Å². The van der Waals surface area contributed by atoms with Crippen LogP contribution in [-0.4, -0.2) is 32.1 Å². The number of carbonyl (C=O) groups is 2. The van der Waals surface area contributed by atoms with E-state index in [0.717, 1.165) is 11.3 Å². The van der Waals surface area contributed by atoms with Gasteiger partial charge in [0, 0.05) is 24.9 Å². The van der Waals surface area contributed by atoms with Gasteiger partial charge in [-0.3, -0.25) is 9.59 Å². The van der Waals surface area contributed by atoms with Crippen LogP contribution in [0.1, 0.15) is 15.9 Å². The number of amides is 2. The zero-order valence-electron chi connectivity index (χ0n) is 16.8. The maximum absolute atomic E-state index is 12.5. The number of rotatable bonds is 9. The van der Waals surface area contributed by atoms with E-state index in [1.807, 2.05) is 42.5 Å². The molecule has 2 amide bonds. The van der Waals surface area contributed by atoms with Crippen molar-refractivity contribution < 1.29 is 19.1 Å². The molecule has 30 heavy (non-hydrogen) atoms. The van der Waals surface area contributed by atoms with E-state index in [-0.39, 0.29) is 18.2 Å². The van der Waals surface area contributed by atoms with Crippen molar-refractivity contribution in [3.63, 3.8) is 0 Å². The first-order valence-corrected chi connectivity index (χ1v) is 9.63. The van der Waals surface area contributed by atoms with Crippen molar-refractivity contribution in [1.82, 2.24) is 5.32 Å². The molecule has 3 aromatic carbocycles. The molecule has 154 valence electrons. The quantitative estimate of drug-likeness (QED) is 0.528. The first kappa shape index (κ1) is 21.1. The third-order valence-electron chi connectivity index (χ3n) is 4.30. The second-order valence-electron chi connectivity index (χ2n) is 6.61. The first-order chi connectivity index (χ1) is 14.6. The van der Waals surface area contributed by atoms with E-state index < -0.39 is 0 Å². The van der Waals surface area contributed by atoms with Crippen molar-refractivity contribution in [2.75, 3.05) is 25.6 Å². The van der Waals surface area contributed by atoms with E-state index in [9.17, 15) is 9.59 Å². The van der Waals surface area contributed by atoms with Crippen molar-refractivity contribution >= 4 is 17.5 Å². The minimum atomic E-state index is -0.216. The number of nitrogens with one attached hydrogen (secondary N) is 2. The molecule has 3 aromatic rings. The van der Waals surface area contributed by atoms with Crippen molar-refractivity contribution in [2.45, 2.75) is 6.42 Å². The Bertz CT molecular complexity index is 955. The fraction of sp³-hybridized carbons (Fsp3) is 0.167. The Kier molecular flexibility index (Phi) is 7.58. The lowest BCUT2D eigenvalue weighted by Gasteiger charge is -2.09. The molecule has 0 atom stereocenters. The van der Waals surface area contributed by atoms with Gasteiger partial charge in [0.2, 0.25) is 5.91 Å². The van der Waals surface area contributed by atoms with Gasteiger partial charge in [-0.1, -0.05) is 30.3 Å². The van der Waals surface area contributed by atoms with Crippen LogP contribution in [0.3, 0.4) is 0 Å². The lowest BCUT2D eigenvalue weighted by Crippen LogP contribution is -2.28. The van der Waals surface area contributed by atoms with Crippen molar-refractivity contribution in [2.24, 2.45) is 0 Å². The van der Waals surface area contributed by atoms with Gasteiger partial charge < -0.3 is 20.1 Å². The van der Waals surface area contributed by atoms with Gasteiger partial charge in [0.1, 0.15) is 11.5 Å². The highest BCUT2D eigenvalue weighted by Crippen LogP contribution is 2.21. The van der Waals surface area contributed by atoms with Crippen LogP contribution in [0.2, 0.25) is 0 Å². The number of anilines is 1. The fourth-order valence-corrected chi connectivity index (χ4v) is 2.75. The second-order valence-corrected chi connectivity index (χ2v) is 6.61. The molecule has 0 aliphatic heterocycles. The molecule has 0 spiro atoms. The van der Waals surface area contributed by atoms with Gasteiger partial charge >= 0.3 is 0 Å². The van der Waals surface area contributed by atoms with Gasteiger partial charge in [-0.2, -0.15) is 0 Å². The molecule has 0 aromatic heterocycles. The number of methoxy groups -OCH3 is 1. The fourth-order valence-electron chi connectivity index (χ4n) is 2.75. The molecule has 0 aliphatic rings. The summed E-state index contributed by atoms with van der Waals surface area (Å²) in [5, 5.41) is 5.63. The largest absolute Gasteiger partial charge is 0.457 e. The van der Waals surface area contributed by atoms with Crippen molar-refractivity contribution in [3.8, 4) is 11.5 Å². The number of hydrogen-bond acceptors (Lipinski definition) is 4. The van der Waals surface area contributed by atoms with Gasteiger partial charge in [0.25, 0.3) is 5.91 Å². The third kappa shape index (κ3) is 6.46. The predicted octanol–water partition coefficient (Wildman–Crippen LogP) is 4.04. The van der Waals surface area contributed by atoms with Crippen molar-refractivity contribution in [3.05, 3.63) is 90.0 Å². The topological polar surface area (TPSA) is 76.7 Å². The molecule has 0 heterocycles. The standard InChI is InChI=1S/C24H24N2O4/c1-29-16-15-25-23(27)17-18-7-11-20(12-8-18)26-24(28)19-9-13-22(14-10-19)30-21-5-3-2-4-6-21/h2-14H,15-17H2,1H3,(H,25,27)(H,26,28). The van der Waals surface area contributed by atoms with Crippen LogP contribution >= 0.6 is 0 Å². The van der Waals surface area contributed by atoms with Gasteiger partial charge in [0.15, 0.2) is 0 Å². The first-order valence-electron chi connectivity index (χ1n) is 9.63. The minimum Gasteiger partial charge on any atom is -0.457 e. The summed E-state index contributed by atoms with van der Waals surface area (Å²) in [5.74, 6) is 1.11. The predicted molar refractivity (Wildman–Crippen MR) is 116 cm³/mol. The normalized spacial score (nSPS) is 10.3. The van der Waals surface area contributed by atoms with Crippen LogP contribution in [0, 0.1) is 0 Å². The molecule has 0 radical (unpaired) electrons. The van der Waals surface area contributed by atoms with Crippen LogP contribution in [0.4, 0.5) is 5.69 Å². The summed E-state index contributed by atoms with van der Waals surface area (Å²) >= 11 is 0. The Morgan fingerprint density at radius 2 is 1.50 bits per heavy atom. The van der Waals surface area contributed by atoms with E-state index >= 15 is 0 Å². The zero-order valence-corrected chi connectivity index (χ0v) is 16.8. The van der Waals surface area contributed by atoms with Gasteiger partial charge in [-0.25, -0.2) is 0 Å². The molecule has 6 nitrogen and oxygen atoms in total. The second kappa shape index (κ2) is 10.8. The zero-order chi connectivity index (χ0) is 21.2. The average Bonchev–Trinajstić information content (AvgIpc) is 2.76. The van der Waals surface area contributed by atoms with E-state index in [2.05, 4.69) is 10.6 Å². The Morgan fingerprint density at radius 1 is 0.833 bits per heavy atom. The summed E-state index contributed by atoms with van der Waals surface area (Å²) in [5.41, 5.74) is 2.05. The summed E-state index contributed by atoms with van der Waals surface area (Å²) < 4.78 is 10.6. The monoisotopic (exact) mass is 404 g/mol. The molecule has 0 saturated heterocycles. The Labute approximate surface area is 175 Å². The maximum Gasteiger partial charge on any atom is 0.255 e. The highest BCUT2D eigenvalue weighted by atomic mass is 16.5. The number of carbonyl (C=O) groups excluding carboxylic acids is 2. The molecular formula is C24H24N2O4. The SMILES string of the molecule is COCCNC(=O)Cc1ccc(NC(=O)c2ccc(Oc3ccccc3)cc2)cc1. The smallest absolute Gasteiger partial charge is 0.255 e. The number of benzene rings is 3. The lowest BCUT2D eigenvalue weighted by molar-refractivity contribution is -0.120. The highest BCUT2D eigenvalue weighted by Gasteiger charge is 2.08. The highest BCUT2D eigenvalue weighted by molar-refractivity contribution is 6.04. The number of ether oxygens (including phenoxy) is 2. The molecule has 0 unspecified atom stereocenters. The number of para-hydroxylation sites is 1. The van der Waals surface area contributed by atoms with E-state index in [0.29, 0.717) is 30.2 Å². The summed E-state index contributed by atoms with van der Waals surface area (Å²) in [6.07, 6.45) is 0.279. The molecular weight excluding hydrogens is 380 g/mol. The molecule has 0 bridgehead atoms. The van der Waals surface area contributed by atoms with E-state index in [1.165, 1.54) is 0 Å². The van der Waals surface area contributed by atoms with Gasteiger partial charge in [-0.05, 0) is 54.1 Å². The molecule has 0 saturated carbocycles. The molecule has 0 aliphatic carbocycles. The summed E-state index contributed by atoms with van der Waals surface area (Å²) in [6, 6.07) is 23.6. The Balaban J connectivity index is 1.52. The molecule has 2 N–H and O–H groups in total. The van der Waals surface area contributed by atoms with E-state index in [4.69, 9.17) is 9.47 Å². The Hall–Kier alpha value is -3.64. The van der Waals surface area contributed by atoms with Crippen molar-refractivity contribution in [1.29, 1.82) is 0 Å². The average molecular weight is 404 g/mol. The summed E-state index contributed by atoms with van der Waals surface area (Å²) in [7, 11) is 1.59. The molecule has 3 rings (SSSR count). The van der Waals surface area contributed by atoms with Crippen LogP contribution < -0.4 is 15.4 Å². The minimum absolute atomic E-state index is 0.0679. The summed E-state index contributed by atoms with van der Waals surface area (Å²) in [4.78, 5) is 24.3. The maximum atomic E-state index is 12.5. The van der Waals surface area contributed by atoms with Gasteiger partial charge in [-0.15, -0.1) is 0 Å². The molecule has 0 fully saturated rings.